The minimum absolute atomic E-state index is 0.0317. The maximum Gasteiger partial charge on any atom is 0.339 e. The third-order valence-electron chi connectivity index (χ3n) is 5.65. The van der Waals surface area contributed by atoms with Crippen LogP contribution in [0.15, 0.2) is 18.2 Å². The van der Waals surface area contributed by atoms with Crippen molar-refractivity contribution in [1.82, 2.24) is 4.90 Å². The van der Waals surface area contributed by atoms with E-state index in [2.05, 4.69) is 12.2 Å². The molecule has 0 spiro atoms. The molecule has 1 aromatic carbocycles. The zero-order valence-corrected chi connectivity index (χ0v) is 15.7. The topological polar surface area (TPSA) is 95.9 Å². The summed E-state index contributed by atoms with van der Waals surface area (Å²) in [5.41, 5.74) is 0.489. The van der Waals surface area contributed by atoms with Gasteiger partial charge in [0, 0.05) is 30.8 Å². The number of carboxylic acid groups (broad SMARTS) is 1. The van der Waals surface area contributed by atoms with Gasteiger partial charge in [-0.1, -0.05) is 6.92 Å². The number of carbonyl (C=O) groups is 3. The molecule has 2 N–H and O–H groups in total. The second kappa shape index (κ2) is 7.98. The first-order valence-electron chi connectivity index (χ1n) is 9.40. The lowest BCUT2D eigenvalue weighted by Gasteiger charge is -2.33. The molecule has 1 aromatic rings. The summed E-state index contributed by atoms with van der Waals surface area (Å²) < 4.78 is 5.08. The number of ether oxygens (including phenoxy) is 1. The number of aromatic carboxylic acids is 1. The Kier molecular flexibility index (Phi) is 5.68. The summed E-state index contributed by atoms with van der Waals surface area (Å²) in [4.78, 5) is 38.0. The molecule has 3 rings (SSSR count). The number of rotatable bonds is 5. The predicted molar refractivity (Wildman–Crippen MR) is 99.8 cm³/mol. The number of hydrogen-bond donors (Lipinski definition) is 2. The van der Waals surface area contributed by atoms with E-state index >= 15 is 0 Å². The molecule has 7 heteroatoms. The maximum absolute atomic E-state index is 12.6. The van der Waals surface area contributed by atoms with Crippen LogP contribution in [-0.4, -0.2) is 47.5 Å². The first-order chi connectivity index (χ1) is 12.9. The highest BCUT2D eigenvalue weighted by Gasteiger charge is 2.38. The van der Waals surface area contributed by atoms with Crippen LogP contribution in [0.25, 0.3) is 0 Å². The third kappa shape index (κ3) is 4.23. The van der Waals surface area contributed by atoms with Crippen molar-refractivity contribution in [1.29, 1.82) is 0 Å². The van der Waals surface area contributed by atoms with E-state index in [1.807, 2.05) is 4.90 Å². The monoisotopic (exact) mass is 374 g/mol. The fraction of sp³-hybridized carbons (Fsp3) is 0.550. The second-order valence-electron chi connectivity index (χ2n) is 7.57. The molecule has 0 radical (unpaired) electrons. The van der Waals surface area contributed by atoms with Crippen LogP contribution < -0.4 is 10.1 Å². The molecule has 0 bridgehead atoms. The number of carboxylic acids is 1. The van der Waals surface area contributed by atoms with E-state index in [0.29, 0.717) is 18.2 Å². The van der Waals surface area contributed by atoms with Crippen LogP contribution in [0.3, 0.4) is 0 Å². The number of likely N-dealkylation sites (tertiary alicyclic amines) is 1. The number of anilines is 1. The van der Waals surface area contributed by atoms with Gasteiger partial charge in [-0.3, -0.25) is 9.59 Å². The largest absolute Gasteiger partial charge is 0.496 e. The van der Waals surface area contributed by atoms with Gasteiger partial charge in [-0.2, -0.15) is 0 Å². The number of benzene rings is 1. The lowest BCUT2D eigenvalue weighted by atomic mass is 9.87. The van der Waals surface area contributed by atoms with Crippen molar-refractivity contribution in [3.8, 4) is 5.75 Å². The van der Waals surface area contributed by atoms with Gasteiger partial charge in [0.25, 0.3) is 0 Å². The smallest absolute Gasteiger partial charge is 0.339 e. The lowest BCUT2D eigenvalue weighted by molar-refractivity contribution is -0.130. The van der Waals surface area contributed by atoms with Gasteiger partial charge in [0.1, 0.15) is 11.3 Å². The lowest BCUT2D eigenvalue weighted by Crippen LogP contribution is -2.39. The van der Waals surface area contributed by atoms with Crippen LogP contribution in [0.5, 0.6) is 5.75 Å². The molecule has 1 saturated carbocycles. The minimum atomic E-state index is -1.09. The average molecular weight is 374 g/mol. The molecule has 146 valence electrons. The standard InChI is InChI=1S/C20H26N2O5/c1-12-3-6-15(7-4-12)22-11-13(9-18(22)23)19(24)21-14-5-8-16(20(25)26)17(10-14)27-2/h5,8,10,12-13,15H,3-4,6-7,9,11H2,1-2H3,(H,21,24)(H,25,26). The van der Waals surface area contributed by atoms with Crippen molar-refractivity contribution >= 4 is 23.5 Å². The Morgan fingerprint density at radius 1 is 1.22 bits per heavy atom. The van der Waals surface area contributed by atoms with Crippen molar-refractivity contribution in [3.05, 3.63) is 23.8 Å². The van der Waals surface area contributed by atoms with Crippen molar-refractivity contribution in [3.63, 3.8) is 0 Å². The van der Waals surface area contributed by atoms with E-state index < -0.39 is 5.97 Å². The first-order valence-corrected chi connectivity index (χ1v) is 9.40. The van der Waals surface area contributed by atoms with Crippen molar-refractivity contribution < 1.29 is 24.2 Å². The number of methoxy groups -OCH3 is 1. The summed E-state index contributed by atoms with van der Waals surface area (Å²) in [6.45, 7) is 2.69. The highest BCUT2D eigenvalue weighted by atomic mass is 16.5. The van der Waals surface area contributed by atoms with E-state index in [9.17, 15) is 14.4 Å². The van der Waals surface area contributed by atoms with Gasteiger partial charge in [-0.15, -0.1) is 0 Å². The van der Waals surface area contributed by atoms with E-state index in [-0.39, 0.29) is 41.5 Å². The zero-order chi connectivity index (χ0) is 19.6. The molecular formula is C20H26N2O5. The fourth-order valence-electron chi connectivity index (χ4n) is 4.00. The zero-order valence-electron chi connectivity index (χ0n) is 15.7. The molecule has 1 saturated heterocycles. The van der Waals surface area contributed by atoms with Crippen molar-refractivity contribution in [2.45, 2.75) is 45.1 Å². The summed E-state index contributed by atoms with van der Waals surface area (Å²) in [5.74, 6) is -0.762. The Balaban J connectivity index is 1.63. The maximum atomic E-state index is 12.6. The Labute approximate surface area is 158 Å². The van der Waals surface area contributed by atoms with E-state index in [1.54, 1.807) is 0 Å². The molecule has 7 nitrogen and oxygen atoms in total. The van der Waals surface area contributed by atoms with Crippen molar-refractivity contribution in [2.24, 2.45) is 11.8 Å². The molecule has 0 aromatic heterocycles. The van der Waals surface area contributed by atoms with Gasteiger partial charge in [-0.25, -0.2) is 4.79 Å². The highest BCUT2D eigenvalue weighted by molar-refractivity contribution is 5.98. The van der Waals surface area contributed by atoms with E-state index in [4.69, 9.17) is 9.84 Å². The van der Waals surface area contributed by atoms with Gasteiger partial charge >= 0.3 is 5.97 Å². The van der Waals surface area contributed by atoms with Crippen LogP contribution in [0.4, 0.5) is 5.69 Å². The Morgan fingerprint density at radius 3 is 2.56 bits per heavy atom. The fourth-order valence-corrected chi connectivity index (χ4v) is 4.00. The quantitative estimate of drug-likeness (QED) is 0.826. The number of nitrogens with zero attached hydrogens (tertiary/aromatic N) is 1. The van der Waals surface area contributed by atoms with Crippen LogP contribution in [0, 0.1) is 11.8 Å². The highest BCUT2D eigenvalue weighted by Crippen LogP contribution is 2.32. The molecule has 1 unspecified atom stereocenters. The van der Waals surface area contributed by atoms with E-state index in [0.717, 1.165) is 25.7 Å². The molecule has 1 aliphatic heterocycles. The van der Waals surface area contributed by atoms with Crippen molar-refractivity contribution in [2.75, 3.05) is 19.0 Å². The van der Waals surface area contributed by atoms with Crippen LogP contribution in [0.2, 0.25) is 0 Å². The first kappa shape index (κ1) is 19.2. The number of carbonyl (C=O) groups excluding carboxylic acids is 2. The summed E-state index contributed by atoms with van der Waals surface area (Å²) in [7, 11) is 1.38. The summed E-state index contributed by atoms with van der Waals surface area (Å²) in [5, 5.41) is 11.9. The second-order valence-corrected chi connectivity index (χ2v) is 7.57. The molecule has 2 aliphatic rings. The van der Waals surface area contributed by atoms with Gasteiger partial charge in [-0.05, 0) is 43.7 Å². The van der Waals surface area contributed by atoms with E-state index in [1.165, 1.54) is 25.3 Å². The molecule has 2 amide bonds. The Hall–Kier alpha value is -2.57. The third-order valence-corrected chi connectivity index (χ3v) is 5.65. The predicted octanol–water partition coefficient (Wildman–Crippen LogP) is 2.76. The Morgan fingerprint density at radius 2 is 1.93 bits per heavy atom. The van der Waals surface area contributed by atoms with Crippen LogP contribution in [0.1, 0.15) is 49.4 Å². The van der Waals surface area contributed by atoms with Gasteiger partial charge in [0.15, 0.2) is 0 Å². The van der Waals surface area contributed by atoms with Gasteiger partial charge in [0.2, 0.25) is 11.8 Å². The van der Waals surface area contributed by atoms with Gasteiger partial charge < -0.3 is 20.1 Å². The Bertz CT molecular complexity index is 740. The number of hydrogen-bond acceptors (Lipinski definition) is 4. The summed E-state index contributed by atoms with van der Waals surface area (Å²) in [6.07, 6.45) is 4.49. The molecule has 1 atom stereocenters. The normalized spacial score (nSPS) is 25.3. The summed E-state index contributed by atoms with van der Waals surface area (Å²) in [6, 6.07) is 4.66. The average Bonchev–Trinajstić information content (AvgIpc) is 3.04. The molecule has 1 aliphatic carbocycles. The molecule has 1 heterocycles. The molecular weight excluding hydrogens is 348 g/mol. The molecule has 2 fully saturated rings. The number of nitrogens with one attached hydrogen (secondary N) is 1. The van der Waals surface area contributed by atoms with Crippen LogP contribution in [-0.2, 0) is 9.59 Å². The molecule has 27 heavy (non-hydrogen) atoms. The van der Waals surface area contributed by atoms with Gasteiger partial charge in [0.05, 0.1) is 13.0 Å². The summed E-state index contributed by atoms with van der Waals surface area (Å²) >= 11 is 0. The van der Waals surface area contributed by atoms with Crippen LogP contribution >= 0.6 is 0 Å². The minimum Gasteiger partial charge on any atom is -0.496 e. The SMILES string of the molecule is COc1cc(NC(=O)C2CC(=O)N(C3CCC(C)CC3)C2)ccc1C(=O)O. The number of amides is 2.